The van der Waals surface area contributed by atoms with Gasteiger partial charge in [-0.3, -0.25) is 0 Å². The number of anilines is 2. The molecule has 5 heteroatoms. The van der Waals surface area contributed by atoms with Crippen LogP contribution in [0, 0.1) is 6.07 Å². The molecule has 0 saturated heterocycles. The summed E-state index contributed by atoms with van der Waals surface area (Å²) in [6, 6.07) is 14.3. The molecule has 0 aliphatic heterocycles. The fourth-order valence-corrected chi connectivity index (χ4v) is 1.64. The first-order valence-electron chi connectivity index (χ1n) is 5.14. The molecule has 2 aromatic rings. The average Bonchev–Trinajstić information content (AvgIpc) is 2.35. The van der Waals surface area contributed by atoms with Crippen LogP contribution in [0.4, 0.5) is 16.2 Å². The lowest BCUT2D eigenvalue weighted by molar-refractivity contribution is 0.262. The lowest BCUT2D eigenvalue weighted by Gasteiger charge is -2.08. The van der Waals surface area contributed by atoms with E-state index in [0.717, 1.165) is 0 Å². The highest BCUT2D eigenvalue weighted by atomic mass is 35.5. The SMILES string of the molecule is O=C(Nc1cc[c]cc1)Nc1ccc(Cl)c(Cl)c1. The van der Waals surface area contributed by atoms with Crippen molar-refractivity contribution in [2.75, 3.05) is 10.6 Å². The van der Waals surface area contributed by atoms with Crippen molar-refractivity contribution in [2.24, 2.45) is 0 Å². The third kappa shape index (κ3) is 3.39. The molecule has 0 aliphatic rings. The van der Waals surface area contributed by atoms with Crippen molar-refractivity contribution in [2.45, 2.75) is 0 Å². The number of hydrogen-bond donors (Lipinski definition) is 2. The molecule has 2 N–H and O–H groups in total. The summed E-state index contributed by atoms with van der Waals surface area (Å²) in [5.74, 6) is 0. The maximum atomic E-state index is 11.7. The molecule has 2 amide bonds. The monoisotopic (exact) mass is 279 g/mol. The molecule has 0 fully saturated rings. The fourth-order valence-electron chi connectivity index (χ4n) is 1.34. The number of hydrogen-bond acceptors (Lipinski definition) is 1. The maximum Gasteiger partial charge on any atom is 0.323 e. The van der Waals surface area contributed by atoms with Crippen LogP contribution in [0.15, 0.2) is 42.5 Å². The highest BCUT2D eigenvalue weighted by Gasteiger charge is 2.04. The molecule has 0 spiro atoms. The van der Waals surface area contributed by atoms with Crippen LogP contribution in [0.1, 0.15) is 0 Å². The summed E-state index contributed by atoms with van der Waals surface area (Å²) in [5.41, 5.74) is 1.26. The Balaban J connectivity index is 2.01. The molecule has 0 bridgehead atoms. The third-order valence-corrected chi connectivity index (χ3v) is 2.89. The smallest absolute Gasteiger partial charge is 0.308 e. The van der Waals surface area contributed by atoms with Gasteiger partial charge in [-0.15, -0.1) is 0 Å². The van der Waals surface area contributed by atoms with E-state index in [4.69, 9.17) is 23.2 Å². The number of benzene rings is 2. The topological polar surface area (TPSA) is 41.1 Å². The second kappa shape index (κ2) is 5.76. The number of amides is 2. The molecule has 2 aromatic carbocycles. The van der Waals surface area contributed by atoms with Crippen LogP contribution in [0.2, 0.25) is 10.0 Å². The van der Waals surface area contributed by atoms with Gasteiger partial charge >= 0.3 is 6.03 Å². The molecular weight excluding hydrogens is 271 g/mol. The van der Waals surface area contributed by atoms with Gasteiger partial charge in [0.1, 0.15) is 0 Å². The van der Waals surface area contributed by atoms with Gasteiger partial charge in [-0.25, -0.2) is 4.79 Å². The van der Waals surface area contributed by atoms with Crippen molar-refractivity contribution in [1.82, 2.24) is 0 Å². The van der Waals surface area contributed by atoms with Gasteiger partial charge in [-0.1, -0.05) is 35.3 Å². The normalized spacial score (nSPS) is 9.89. The summed E-state index contributed by atoms with van der Waals surface area (Å²) in [5, 5.41) is 6.17. The predicted octanol–water partition coefficient (Wildman–Crippen LogP) is 4.44. The quantitative estimate of drug-likeness (QED) is 0.839. The molecule has 0 aromatic heterocycles. The summed E-state index contributed by atoms with van der Waals surface area (Å²) in [4.78, 5) is 11.7. The molecule has 3 nitrogen and oxygen atoms in total. The lowest BCUT2D eigenvalue weighted by atomic mass is 10.3. The predicted molar refractivity (Wildman–Crippen MR) is 74.4 cm³/mol. The maximum absolute atomic E-state index is 11.7. The Hall–Kier alpha value is -1.71. The van der Waals surface area contributed by atoms with E-state index in [1.165, 1.54) is 0 Å². The molecule has 0 aliphatic carbocycles. The summed E-state index contributed by atoms with van der Waals surface area (Å²) in [6.07, 6.45) is 0. The number of rotatable bonds is 2. The number of carbonyl (C=O) groups excluding carboxylic acids is 1. The molecule has 0 atom stereocenters. The van der Waals surface area contributed by atoms with Crippen molar-refractivity contribution in [3.63, 3.8) is 0 Å². The highest BCUT2D eigenvalue weighted by Crippen LogP contribution is 2.25. The van der Waals surface area contributed by atoms with Gasteiger partial charge < -0.3 is 10.6 Å². The number of urea groups is 1. The van der Waals surface area contributed by atoms with Crippen molar-refractivity contribution < 1.29 is 4.79 Å². The van der Waals surface area contributed by atoms with E-state index in [-0.39, 0.29) is 6.03 Å². The van der Waals surface area contributed by atoms with Gasteiger partial charge in [-0.05, 0) is 36.4 Å². The van der Waals surface area contributed by atoms with E-state index < -0.39 is 0 Å². The van der Waals surface area contributed by atoms with Crippen LogP contribution in [0.25, 0.3) is 0 Å². The van der Waals surface area contributed by atoms with Crippen molar-refractivity contribution >= 4 is 40.6 Å². The van der Waals surface area contributed by atoms with Gasteiger partial charge in [0.05, 0.1) is 10.0 Å². The Labute approximate surface area is 115 Å². The molecule has 0 heterocycles. The largest absolute Gasteiger partial charge is 0.323 e. The summed E-state index contributed by atoms with van der Waals surface area (Å²) in [7, 11) is 0. The minimum Gasteiger partial charge on any atom is -0.308 e. The summed E-state index contributed by atoms with van der Waals surface area (Å²) < 4.78 is 0. The van der Waals surface area contributed by atoms with Gasteiger partial charge in [0.15, 0.2) is 0 Å². The van der Waals surface area contributed by atoms with Gasteiger partial charge in [0.2, 0.25) is 0 Å². The molecule has 2 rings (SSSR count). The molecule has 18 heavy (non-hydrogen) atoms. The van der Waals surface area contributed by atoms with E-state index in [1.807, 2.05) is 0 Å². The zero-order valence-corrected chi connectivity index (χ0v) is 10.7. The molecule has 0 unspecified atom stereocenters. The fraction of sp³-hybridized carbons (Fsp3) is 0. The molecule has 1 radical (unpaired) electrons. The van der Waals surface area contributed by atoms with Crippen LogP contribution >= 0.6 is 23.2 Å². The summed E-state index contributed by atoms with van der Waals surface area (Å²) >= 11 is 11.6. The second-order valence-corrected chi connectivity index (χ2v) is 4.31. The average molecular weight is 280 g/mol. The Morgan fingerprint density at radius 1 is 0.944 bits per heavy atom. The minimum atomic E-state index is -0.348. The number of nitrogens with one attached hydrogen (secondary N) is 2. The molecule has 91 valence electrons. The Bertz CT molecular complexity index is 558. The Morgan fingerprint density at radius 3 is 2.28 bits per heavy atom. The van der Waals surface area contributed by atoms with Crippen molar-refractivity contribution in [3.8, 4) is 0 Å². The Morgan fingerprint density at radius 2 is 1.61 bits per heavy atom. The van der Waals surface area contributed by atoms with E-state index in [0.29, 0.717) is 21.4 Å². The van der Waals surface area contributed by atoms with Gasteiger partial charge in [0.25, 0.3) is 0 Å². The first-order valence-corrected chi connectivity index (χ1v) is 5.90. The Kier molecular flexibility index (Phi) is 4.07. The second-order valence-electron chi connectivity index (χ2n) is 3.50. The number of halogens is 2. The van der Waals surface area contributed by atoms with Crippen LogP contribution < -0.4 is 10.6 Å². The van der Waals surface area contributed by atoms with Crippen LogP contribution in [-0.4, -0.2) is 6.03 Å². The highest BCUT2D eigenvalue weighted by molar-refractivity contribution is 6.42. The van der Waals surface area contributed by atoms with E-state index >= 15 is 0 Å². The first-order chi connectivity index (χ1) is 8.65. The standard InChI is InChI=1S/C13H9Cl2N2O/c14-11-7-6-10(8-12(11)15)17-13(18)16-9-4-2-1-3-5-9/h2-8H,(H2,16,17,18). The van der Waals surface area contributed by atoms with Gasteiger partial charge in [-0.2, -0.15) is 0 Å². The zero-order valence-electron chi connectivity index (χ0n) is 9.21. The van der Waals surface area contributed by atoms with E-state index in [1.54, 1.807) is 42.5 Å². The third-order valence-electron chi connectivity index (χ3n) is 2.15. The van der Waals surface area contributed by atoms with E-state index in [2.05, 4.69) is 16.7 Å². The van der Waals surface area contributed by atoms with Crippen molar-refractivity contribution in [1.29, 1.82) is 0 Å². The molecular formula is C13H9Cl2N2O. The van der Waals surface area contributed by atoms with Crippen LogP contribution in [0.3, 0.4) is 0 Å². The summed E-state index contributed by atoms with van der Waals surface area (Å²) in [6.45, 7) is 0. The van der Waals surface area contributed by atoms with Crippen LogP contribution in [0.5, 0.6) is 0 Å². The minimum absolute atomic E-state index is 0.348. The van der Waals surface area contributed by atoms with Crippen LogP contribution in [-0.2, 0) is 0 Å². The van der Waals surface area contributed by atoms with Gasteiger partial charge in [0, 0.05) is 11.4 Å². The molecule has 0 saturated carbocycles. The first kappa shape index (κ1) is 12.7. The lowest BCUT2D eigenvalue weighted by Crippen LogP contribution is -2.19. The van der Waals surface area contributed by atoms with Crippen molar-refractivity contribution in [3.05, 3.63) is 58.6 Å². The zero-order chi connectivity index (χ0) is 13.0. The number of carbonyl (C=O) groups is 1. The van der Waals surface area contributed by atoms with E-state index in [9.17, 15) is 4.79 Å².